The smallest absolute Gasteiger partial charge is 0.161 e. The number of hydrogen-bond donors (Lipinski definition) is 1. The minimum Gasteiger partial charge on any atom is -0.316 e. The van der Waals surface area contributed by atoms with Crippen LogP contribution in [0.3, 0.4) is 0 Å². The Morgan fingerprint density at radius 3 is 2.85 bits per heavy atom. The van der Waals surface area contributed by atoms with Gasteiger partial charge in [-0.15, -0.1) is 6.42 Å². The topological polar surface area (TPSA) is 46.2 Å². The summed E-state index contributed by atoms with van der Waals surface area (Å²) in [4.78, 5) is 0. The van der Waals surface area contributed by atoms with Crippen LogP contribution in [0.25, 0.3) is 0 Å². The molecule has 3 nitrogen and oxygen atoms in total. The van der Waals surface area contributed by atoms with E-state index in [1.54, 1.807) is 0 Å². The van der Waals surface area contributed by atoms with Crippen LogP contribution in [0.1, 0.15) is 12.8 Å². The van der Waals surface area contributed by atoms with Crippen molar-refractivity contribution >= 4 is 9.84 Å². The van der Waals surface area contributed by atoms with Gasteiger partial charge >= 0.3 is 0 Å². The summed E-state index contributed by atoms with van der Waals surface area (Å²) in [6, 6.07) is 0. The largest absolute Gasteiger partial charge is 0.316 e. The monoisotopic (exact) mass is 201 g/mol. The average molecular weight is 201 g/mol. The van der Waals surface area contributed by atoms with E-state index in [9.17, 15) is 8.42 Å². The van der Waals surface area contributed by atoms with Crippen LogP contribution >= 0.6 is 0 Å². The van der Waals surface area contributed by atoms with Crippen molar-refractivity contribution in [2.45, 2.75) is 12.8 Å². The molecule has 1 N–H and O–H groups in total. The minimum absolute atomic E-state index is 0.122. The number of rotatable bonds is 3. The van der Waals surface area contributed by atoms with Crippen LogP contribution in [-0.4, -0.2) is 33.0 Å². The van der Waals surface area contributed by atoms with Crippen molar-refractivity contribution < 1.29 is 8.42 Å². The first-order valence-electron chi connectivity index (χ1n) is 4.48. The van der Waals surface area contributed by atoms with E-state index in [4.69, 9.17) is 6.42 Å². The van der Waals surface area contributed by atoms with Gasteiger partial charge in [-0.3, -0.25) is 0 Å². The molecule has 1 rings (SSSR count). The maximum atomic E-state index is 11.3. The molecule has 0 aromatic carbocycles. The molecular weight excluding hydrogens is 186 g/mol. The minimum atomic E-state index is -3.01. The van der Waals surface area contributed by atoms with E-state index in [1.807, 2.05) is 0 Å². The molecule has 1 heterocycles. The van der Waals surface area contributed by atoms with Gasteiger partial charge in [-0.1, -0.05) is 5.92 Å². The Morgan fingerprint density at radius 1 is 1.54 bits per heavy atom. The van der Waals surface area contributed by atoms with Gasteiger partial charge in [-0.25, -0.2) is 8.42 Å². The highest BCUT2D eigenvalue weighted by Crippen LogP contribution is 2.12. The van der Waals surface area contributed by atoms with Gasteiger partial charge in [-0.2, -0.15) is 0 Å². The van der Waals surface area contributed by atoms with Gasteiger partial charge in [0, 0.05) is 0 Å². The Morgan fingerprint density at radius 2 is 2.31 bits per heavy atom. The van der Waals surface area contributed by atoms with Crippen LogP contribution in [-0.2, 0) is 9.84 Å². The second-order valence-electron chi connectivity index (χ2n) is 3.47. The van der Waals surface area contributed by atoms with Gasteiger partial charge in [0.1, 0.15) is 5.75 Å². The maximum Gasteiger partial charge on any atom is 0.161 e. The Bertz CT molecular complexity index is 283. The van der Waals surface area contributed by atoms with Crippen molar-refractivity contribution in [1.82, 2.24) is 5.32 Å². The summed E-state index contributed by atoms with van der Waals surface area (Å²) >= 11 is 0. The quantitative estimate of drug-likeness (QED) is 0.655. The normalized spacial score (nSPS) is 23.8. The maximum absolute atomic E-state index is 11.3. The predicted molar refractivity (Wildman–Crippen MR) is 53.1 cm³/mol. The van der Waals surface area contributed by atoms with Crippen molar-refractivity contribution in [3.8, 4) is 12.3 Å². The van der Waals surface area contributed by atoms with Crippen molar-refractivity contribution in [3.05, 3.63) is 0 Å². The average Bonchev–Trinajstić information content (AvgIpc) is 2.04. The molecule has 13 heavy (non-hydrogen) atoms. The first kappa shape index (κ1) is 10.6. The van der Waals surface area contributed by atoms with E-state index in [0.717, 1.165) is 25.9 Å². The Kier molecular flexibility index (Phi) is 3.76. The molecule has 4 heteroatoms. The highest BCUT2D eigenvalue weighted by Gasteiger charge is 2.20. The number of piperidine rings is 1. The lowest BCUT2D eigenvalue weighted by molar-refractivity contribution is 0.404. The van der Waals surface area contributed by atoms with Gasteiger partial charge in [0.15, 0.2) is 9.84 Å². The summed E-state index contributed by atoms with van der Waals surface area (Å²) in [5.74, 6) is 2.56. The van der Waals surface area contributed by atoms with Crippen LogP contribution < -0.4 is 5.32 Å². The van der Waals surface area contributed by atoms with E-state index in [0.29, 0.717) is 0 Å². The first-order valence-corrected chi connectivity index (χ1v) is 6.31. The predicted octanol–water partition coefficient (Wildman–Crippen LogP) is 0.0340. The molecular formula is C9H15NO2S. The molecule has 74 valence electrons. The van der Waals surface area contributed by atoms with Crippen molar-refractivity contribution in [2.24, 2.45) is 5.92 Å². The molecule has 1 saturated heterocycles. The van der Waals surface area contributed by atoms with Gasteiger partial charge in [0.2, 0.25) is 0 Å². The van der Waals surface area contributed by atoms with E-state index >= 15 is 0 Å². The molecule has 0 saturated carbocycles. The van der Waals surface area contributed by atoms with Crippen molar-refractivity contribution in [1.29, 1.82) is 0 Å². The summed E-state index contributed by atoms with van der Waals surface area (Å²) in [7, 11) is -3.01. The summed E-state index contributed by atoms with van der Waals surface area (Å²) in [5.41, 5.74) is 0. The molecule has 1 atom stereocenters. The molecule has 1 unspecified atom stereocenters. The Labute approximate surface area is 79.8 Å². The van der Waals surface area contributed by atoms with Gasteiger partial charge in [0.05, 0.1) is 5.75 Å². The second kappa shape index (κ2) is 4.64. The van der Waals surface area contributed by atoms with Gasteiger partial charge < -0.3 is 5.32 Å². The molecule has 0 spiro atoms. The lowest BCUT2D eigenvalue weighted by Gasteiger charge is -2.21. The molecule has 0 bridgehead atoms. The third kappa shape index (κ3) is 3.79. The summed E-state index contributed by atoms with van der Waals surface area (Å²) in [6.45, 7) is 1.81. The molecule has 0 aliphatic carbocycles. The highest BCUT2D eigenvalue weighted by atomic mass is 32.2. The third-order valence-corrected chi connectivity index (χ3v) is 3.78. The second-order valence-corrected chi connectivity index (χ2v) is 5.58. The summed E-state index contributed by atoms with van der Waals surface area (Å²) in [6.07, 6.45) is 7.04. The van der Waals surface area contributed by atoms with Crippen LogP contribution in [0.5, 0.6) is 0 Å². The van der Waals surface area contributed by atoms with Crippen LogP contribution in [0.2, 0.25) is 0 Å². The first-order chi connectivity index (χ1) is 6.14. The lowest BCUT2D eigenvalue weighted by atomic mass is 10.0. The molecule has 0 radical (unpaired) electrons. The van der Waals surface area contributed by atoms with Crippen molar-refractivity contribution in [2.75, 3.05) is 24.6 Å². The van der Waals surface area contributed by atoms with Gasteiger partial charge in [0.25, 0.3) is 0 Å². The zero-order chi connectivity index (χ0) is 9.73. The summed E-state index contributed by atoms with van der Waals surface area (Å²) < 4.78 is 22.7. The van der Waals surface area contributed by atoms with E-state index < -0.39 is 9.84 Å². The molecule has 1 aliphatic rings. The zero-order valence-electron chi connectivity index (χ0n) is 7.62. The number of sulfone groups is 1. The Balaban J connectivity index is 2.43. The number of terminal acetylenes is 1. The van der Waals surface area contributed by atoms with E-state index in [2.05, 4.69) is 11.2 Å². The van der Waals surface area contributed by atoms with Gasteiger partial charge in [-0.05, 0) is 31.8 Å². The molecule has 1 aliphatic heterocycles. The van der Waals surface area contributed by atoms with E-state index in [1.165, 1.54) is 0 Å². The Hall–Kier alpha value is -0.530. The molecule has 0 aromatic heterocycles. The fraction of sp³-hybridized carbons (Fsp3) is 0.778. The lowest BCUT2D eigenvalue weighted by Crippen LogP contribution is -2.34. The molecule has 0 amide bonds. The number of nitrogens with one attached hydrogen (secondary N) is 1. The SMILES string of the molecule is C#CCS(=O)(=O)CC1CCCNC1. The van der Waals surface area contributed by atoms with E-state index in [-0.39, 0.29) is 17.4 Å². The van der Waals surface area contributed by atoms with Crippen molar-refractivity contribution in [3.63, 3.8) is 0 Å². The third-order valence-electron chi connectivity index (χ3n) is 2.19. The highest BCUT2D eigenvalue weighted by molar-refractivity contribution is 7.91. The van der Waals surface area contributed by atoms with Crippen LogP contribution in [0, 0.1) is 18.3 Å². The molecule has 0 aromatic rings. The molecule has 1 fully saturated rings. The fourth-order valence-corrected chi connectivity index (χ4v) is 2.99. The summed E-state index contributed by atoms with van der Waals surface area (Å²) in [5, 5.41) is 3.18. The number of hydrogen-bond acceptors (Lipinski definition) is 3. The van der Waals surface area contributed by atoms with Crippen LogP contribution in [0.4, 0.5) is 0 Å². The fourth-order valence-electron chi connectivity index (χ4n) is 1.61. The standard InChI is InChI=1S/C9H15NO2S/c1-2-6-13(11,12)8-9-4-3-5-10-7-9/h1,9-10H,3-8H2. The van der Waals surface area contributed by atoms with Crippen LogP contribution in [0.15, 0.2) is 0 Å². The zero-order valence-corrected chi connectivity index (χ0v) is 8.44.